The van der Waals surface area contributed by atoms with E-state index in [4.69, 9.17) is 9.72 Å². The van der Waals surface area contributed by atoms with Crippen molar-refractivity contribution in [1.29, 1.82) is 0 Å². The van der Waals surface area contributed by atoms with Gasteiger partial charge in [0.05, 0.1) is 23.9 Å². The van der Waals surface area contributed by atoms with Gasteiger partial charge in [0, 0.05) is 13.0 Å². The number of nitrogens with zero attached hydrogens (tertiary/aromatic N) is 5. The van der Waals surface area contributed by atoms with Crippen molar-refractivity contribution in [2.45, 2.75) is 45.3 Å². The summed E-state index contributed by atoms with van der Waals surface area (Å²) < 4.78 is 9.27. The first kappa shape index (κ1) is 21.4. The van der Waals surface area contributed by atoms with Gasteiger partial charge in [-0.05, 0) is 36.6 Å². The topological polar surface area (TPSA) is 82.2 Å². The van der Waals surface area contributed by atoms with Crippen LogP contribution in [0, 0.1) is 0 Å². The highest BCUT2D eigenvalue weighted by atomic mass is 32.1. The molecule has 0 saturated carbocycles. The van der Waals surface area contributed by atoms with E-state index in [2.05, 4.69) is 5.10 Å². The molecule has 0 aliphatic carbocycles. The van der Waals surface area contributed by atoms with Crippen molar-refractivity contribution in [1.82, 2.24) is 19.3 Å². The zero-order chi connectivity index (χ0) is 22.8. The molecule has 1 amide bonds. The number of carbonyl (C=O) groups is 1. The van der Waals surface area contributed by atoms with Crippen LogP contribution in [0.4, 0.5) is 5.13 Å². The molecule has 1 aliphatic rings. The van der Waals surface area contributed by atoms with E-state index >= 15 is 0 Å². The molecule has 0 spiro atoms. The minimum Gasteiger partial charge on any atom is -0.497 e. The summed E-state index contributed by atoms with van der Waals surface area (Å²) in [6.07, 6.45) is 3.83. The highest BCUT2D eigenvalue weighted by Gasteiger charge is 2.24. The van der Waals surface area contributed by atoms with Gasteiger partial charge in [-0.3, -0.25) is 14.3 Å². The Morgan fingerprint density at radius 2 is 2.00 bits per heavy atom. The number of amides is 1. The number of aryl methyl sites for hydroxylation is 1. The standard InChI is InChI=1S/C24H25N5O3S/c1-32-18-11-12-19-20(14-18)33-23(25-19)28(15-17-8-4-2-5-9-17)22(30)16-29-24(31)27-13-7-3-6-10-21(27)26-29/h2,4-5,8-9,11-12,14H,3,6-7,10,13,15-16H2,1H3. The van der Waals surface area contributed by atoms with Gasteiger partial charge in [0.2, 0.25) is 0 Å². The molecule has 0 fully saturated rings. The summed E-state index contributed by atoms with van der Waals surface area (Å²) in [5, 5.41) is 5.07. The van der Waals surface area contributed by atoms with Crippen LogP contribution in [0.2, 0.25) is 0 Å². The molecule has 2 aromatic heterocycles. The fourth-order valence-electron chi connectivity index (χ4n) is 4.11. The van der Waals surface area contributed by atoms with Crippen LogP contribution in [-0.4, -0.2) is 32.3 Å². The number of anilines is 1. The molecule has 0 saturated heterocycles. The van der Waals surface area contributed by atoms with Crippen molar-refractivity contribution in [3.8, 4) is 5.75 Å². The number of thiazole rings is 1. The Bertz CT molecular complexity index is 1340. The van der Waals surface area contributed by atoms with E-state index in [-0.39, 0.29) is 18.1 Å². The van der Waals surface area contributed by atoms with Crippen LogP contribution in [-0.2, 0) is 30.8 Å². The van der Waals surface area contributed by atoms with Gasteiger partial charge in [0.25, 0.3) is 5.91 Å². The Kier molecular flexibility index (Phi) is 5.95. The van der Waals surface area contributed by atoms with Gasteiger partial charge >= 0.3 is 5.69 Å². The van der Waals surface area contributed by atoms with Crippen molar-refractivity contribution < 1.29 is 9.53 Å². The maximum Gasteiger partial charge on any atom is 0.346 e. The number of hydrogen-bond donors (Lipinski definition) is 0. The van der Waals surface area contributed by atoms with Gasteiger partial charge < -0.3 is 4.74 Å². The molecule has 170 valence electrons. The van der Waals surface area contributed by atoms with Crippen molar-refractivity contribution in [2.75, 3.05) is 12.0 Å². The molecule has 0 radical (unpaired) electrons. The second-order valence-electron chi connectivity index (χ2n) is 8.11. The first-order valence-corrected chi connectivity index (χ1v) is 11.9. The molecule has 0 unspecified atom stereocenters. The van der Waals surface area contributed by atoms with Crippen LogP contribution < -0.4 is 15.3 Å². The van der Waals surface area contributed by atoms with Crippen LogP contribution in [0.3, 0.4) is 0 Å². The van der Waals surface area contributed by atoms with E-state index in [9.17, 15) is 9.59 Å². The number of hydrogen-bond acceptors (Lipinski definition) is 6. The second kappa shape index (κ2) is 9.19. The molecule has 1 aliphatic heterocycles. The average Bonchev–Trinajstić information content (AvgIpc) is 3.28. The zero-order valence-corrected chi connectivity index (χ0v) is 19.3. The van der Waals surface area contributed by atoms with E-state index in [0.717, 1.165) is 53.0 Å². The number of aromatic nitrogens is 4. The van der Waals surface area contributed by atoms with E-state index in [1.807, 2.05) is 48.5 Å². The maximum atomic E-state index is 13.5. The molecular formula is C24H25N5O3S. The summed E-state index contributed by atoms with van der Waals surface area (Å²) in [6, 6.07) is 15.4. The minimum atomic E-state index is -0.222. The normalized spacial score (nSPS) is 13.5. The van der Waals surface area contributed by atoms with Crippen LogP contribution in [0.5, 0.6) is 5.75 Å². The summed E-state index contributed by atoms with van der Waals surface area (Å²) in [4.78, 5) is 32.8. The average molecular weight is 464 g/mol. The first-order chi connectivity index (χ1) is 16.1. The summed E-state index contributed by atoms with van der Waals surface area (Å²) in [6.45, 7) is 0.902. The van der Waals surface area contributed by atoms with E-state index in [0.29, 0.717) is 18.2 Å². The number of methoxy groups -OCH3 is 1. The number of carbonyl (C=O) groups excluding carboxylic acids is 1. The second-order valence-corrected chi connectivity index (χ2v) is 9.12. The van der Waals surface area contributed by atoms with Gasteiger partial charge in [-0.2, -0.15) is 5.10 Å². The van der Waals surface area contributed by atoms with Crippen molar-refractivity contribution >= 4 is 32.6 Å². The number of benzene rings is 2. The zero-order valence-electron chi connectivity index (χ0n) is 18.4. The summed E-state index contributed by atoms with van der Waals surface area (Å²) in [7, 11) is 1.62. The highest BCUT2D eigenvalue weighted by Crippen LogP contribution is 2.32. The Balaban J connectivity index is 1.48. The Morgan fingerprint density at radius 1 is 1.15 bits per heavy atom. The largest absolute Gasteiger partial charge is 0.497 e. The number of rotatable bonds is 6. The molecule has 33 heavy (non-hydrogen) atoms. The van der Waals surface area contributed by atoms with Crippen molar-refractivity contribution in [3.63, 3.8) is 0 Å². The third-order valence-electron chi connectivity index (χ3n) is 5.87. The predicted molar refractivity (Wildman–Crippen MR) is 128 cm³/mol. The van der Waals surface area contributed by atoms with Gasteiger partial charge in [-0.25, -0.2) is 14.5 Å². The molecule has 8 nitrogen and oxygen atoms in total. The van der Waals surface area contributed by atoms with Crippen LogP contribution in [0.15, 0.2) is 53.3 Å². The van der Waals surface area contributed by atoms with Crippen LogP contribution >= 0.6 is 11.3 Å². The molecule has 0 bridgehead atoms. The Hall–Kier alpha value is -3.46. The first-order valence-electron chi connectivity index (χ1n) is 11.1. The molecule has 5 rings (SSSR count). The Labute approximate surface area is 195 Å². The Morgan fingerprint density at radius 3 is 2.82 bits per heavy atom. The van der Waals surface area contributed by atoms with Crippen molar-refractivity contribution in [3.05, 3.63) is 70.4 Å². The lowest BCUT2D eigenvalue weighted by molar-refractivity contribution is -0.119. The summed E-state index contributed by atoms with van der Waals surface area (Å²) in [5.74, 6) is 1.29. The molecule has 2 aromatic carbocycles. The molecular weight excluding hydrogens is 438 g/mol. The molecule has 0 N–H and O–H groups in total. The third kappa shape index (κ3) is 4.41. The van der Waals surface area contributed by atoms with Crippen molar-refractivity contribution in [2.24, 2.45) is 0 Å². The van der Waals surface area contributed by atoms with Gasteiger partial charge in [0.15, 0.2) is 5.13 Å². The quantitative estimate of drug-likeness (QED) is 0.436. The third-order valence-corrected chi connectivity index (χ3v) is 6.91. The van der Waals surface area contributed by atoms with E-state index < -0.39 is 0 Å². The molecule has 3 heterocycles. The smallest absolute Gasteiger partial charge is 0.346 e. The number of ether oxygens (including phenoxy) is 1. The van der Waals surface area contributed by atoms with E-state index in [1.165, 1.54) is 16.0 Å². The lowest BCUT2D eigenvalue weighted by Crippen LogP contribution is -2.37. The SMILES string of the molecule is COc1ccc2nc(N(Cc3ccccc3)C(=O)Cn3nc4n(c3=O)CCCCC4)sc2c1. The summed E-state index contributed by atoms with van der Waals surface area (Å²) in [5.41, 5.74) is 1.57. The molecule has 4 aromatic rings. The lowest BCUT2D eigenvalue weighted by atomic mass is 10.2. The van der Waals surface area contributed by atoms with Gasteiger partial charge in [-0.15, -0.1) is 0 Å². The summed E-state index contributed by atoms with van der Waals surface area (Å²) >= 11 is 1.43. The fraction of sp³-hybridized carbons (Fsp3) is 0.333. The fourth-order valence-corrected chi connectivity index (χ4v) is 5.12. The lowest BCUT2D eigenvalue weighted by Gasteiger charge is -2.19. The van der Waals surface area contributed by atoms with Gasteiger partial charge in [0.1, 0.15) is 18.1 Å². The van der Waals surface area contributed by atoms with Crippen LogP contribution in [0.1, 0.15) is 30.7 Å². The van der Waals surface area contributed by atoms with E-state index in [1.54, 1.807) is 16.6 Å². The monoisotopic (exact) mass is 463 g/mol. The predicted octanol–water partition coefficient (Wildman–Crippen LogP) is 3.62. The van der Waals surface area contributed by atoms with Gasteiger partial charge in [-0.1, -0.05) is 48.1 Å². The number of fused-ring (bicyclic) bond motifs is 2. The minimum absolute atomic E-state index is 0.120. The molecule has 9 heteroatoms. The molecule has 0 atom stereocenters. The highest BCUT2D eigenvalue weighted by molar-refractivity contribution is 7.22. The van der Waals surface area contributed by atoms with Crippen LogP contribution in [0.25, 0.3) is 10.2 Å². The maximum absolute atomic E-state index is 13.5.